The normalized spacial score (nSPS) is 16.3. The molecule has 5 nitrogen and oxygen atoms in total. The molecule has 0 saturated carbocycles. The van der Waals surface area contributed by atoms with Gasteiger partial charge in [0.2, 0.25) is 0 Å². The van der Waals surface area contributed by atoms with Crippen molar-refractivity contribution in [1.82, 2.24) is 10.3 Å². The molecule has 0 amide bonds. The fourth-order valence-corrected chi connectivity index (χ4v) is 3.54. The van der Waals surface area contributed by atoms with Gasteiger partial charge in [-0.05, 0) is 36.2 Å². The van der Waals surface area contributed by atoms with Crippen LogP contribution in [0, 0.1) is 0 Å². The van der Waals surface area contributed by atoms with Gasteiger partial charge in [0.15, 0.2) is 5.96 Å². The zero-order chi connectivity index (χ0) is 17.9. The summed E-state index contributed by atoms with van der Waals surface area (Å²) in [6.45, 7) is 1.29. The molecular formula is C20H22ClIN4O. The van der Waals surface area contributed by atoms with Gasteiger partial charge in [-0.1, -0.05) is 29.8 Å². The van der Waals surface area contributed by atoms with E-state index in [4.69, 9.17) is 22.1 Å². The van der Waals surface area contributed by atoms with Crippen LogP contribution < -0.4 is 15.8 Å². The highest BCUT2D eigenvalue weighted by Gasteiger charge is 2.21. The van der Waals surface area contributed by atoms with E-state index in [1.54, 1.807) is 0 Å². The van der Waals surface area contributed by atoms with Crippen LogP contribution in [-0.4, -0.2) is 24.1 Å². The SMILES string of the molecule is I.NC(=NCCc1c[nH]c2ccc(Cl)cc12)NC1CCOc2ccccc21. The van der Waals surface area contributed by atoms with E-state index < -0.39 is 0 Å². The number of guanidine groups is 1. The summed E-state index contributed by atoms with van der Waals surface area (Å²) < 4.78 is 5.68. The van der Waals surface area contributed by atoms with Gasteiger partial charge >= 0.3 is 0 Å². The molecule has 4 rings (SSSR count). The average Bonchev–Trinajstić information content (AvgIpc) is 3.04. The fourth-order valence-electron chi connectivity index (χ4n) is 3.37. The molecule has 7 heteroatoms. The summed E-state index contributed by atoms with van der Waals surface area (Å²) in [7, 11) is 0. The van der Waals surface area contributed by atoms with Gasteiger partial charge in [-0.25, -0.2) is 0 Å². The number of halogens is 2. The molecular weight excluding hydrogens is 475 g/mol. The number of ether oxygens (including phenoxy) is 1. The molecule has 2 aromatic carbocycles. The van der Waals surface area contributed by atoms with Gasteiger partial charge in [-0.3, -0.25) is 4.99 Å². The second kappa shape index (κ2) is 8.84. The minimum atomic E-state index is 0. The summed E-state index contributed by atoms with van der Waals surface area (Å²) in [5.41, 5.74) is 9.51. The van der Waals surface area contributed by atoms with Gasteiger partial charge in [0.1, 0.15) is 5.75 Å². The molecule has 1 aromatic heterocycles. The molecule has 1 atom stereocenters. The van der Waals surface area contributed by atoms with Crippen molar-refractivity contribution in [2.45, 2.75) is 18.9 Å². The summed E-state index contributed by atoms with van der Waals surface area (Å²) in [6, 6.07) is 14.0. The van der Waals surface area contributed by atoms with Crippen LogP contribution >= 0.6 is 35.6 Å². The first-order valence-corrected chi connectivity index (χ1v) is 9.12. The van der Waals surface area contributed by atoms with Gasteiger partial charge in [0.25, 0.3) is 0 Å². The third kappa shape index (κ3) is 4.50. The molecule has 27 heavy (non-hydrogen) atoms. The number of nitrogens with one attached hydrogen (secondary N) is 2. The average molecular weight is 497 g/mol. The van der Waals surface area contributed by atoms with E-state index in [0.717, 1.165) is 40.1 Å². The van der Waals surface area contributed by atoms with E-state index in [0.29, 0.717) is 19.1 Å². The van der Waals surface area contributed by atoms with Gasteiger partial charge in [0.05, 0.1) is 12.6 Å². The van der Waals surface area contributed by atoms with Crippen molar-refractivity contribution in [3.8, 4) is 5.75 Å². The third-order valence-corrected chi connectivity index (χ3v) is 4.91. The van der Waals surface area contributed by atoms with Crippen molar-refractivity contribution in [3.05, 3.63) is 64.8 Å². The Labute approximate surface area is 180 Å². The highest BCUT2D eigenvalue weighted by molar-refractivity contribution is 14.0. The van der Waals surface area contributed by atoms with Crippen LogP contribution in [0.3, 0.4) is 0 Å². The summed E-state index contributed by atoms with van der Waals surface area (Å²) in [4.78, 5) is 7.75. The minimum absolute atomic E-state index is 0. The van der Waals surface area contributed by atoms with Crippen LogP contribution in [0.25, 0.3) is 10.9 Å². The van der Waals surface area contributed by atoms with E-state index in [9.17, 15) is 0 Å². The van der Waals surface area contributed by atoms with E-state index in [1.807, 2.05) is 42.6 Å². The van der Waals surface area contributed by atoms with E-state index in [-0.39, 0.29) is 30.0 Å². The number of aromatic amines is 1. The molecule has 0 saturated heterocycles. The third-order valence-electron chi connectivity index (χ3n) is 4.67. The predicted octanol–water partition coefficient (Wildman–Crippen LogP) is 4.41. The predicted molar refractivity (Wildman–Crippen MR) is 121 cm³/mol. The molecule has 0 spiro atoms. The Morgan fingerprint density at radius 2 is 2.15 bits per heavy atom. The number of hydrogen-bond donors (Lipinski definition) is 3. The number of nitrogens with two attached hydrogens (primary N) is 1. The van der Waals surface area contributed by atoms with Crippen LogP contribution in [0.5, 0.6) is 5.75 Å². The first kappa shape index (κ1) is 19.8. The fraction of sp³-hybridized carbons (Fsp3) is 0.250. The van der Waals surface area contributed by atoms with Crippen molar-refractivity contribution in [3.63, 3.8) is 0 Å². The van der Waals surface area contributed by atoms with Crippen LogP contribution in [0.4, 0.5) is 0 Å². The minimum Gasteiger partial charge on any atom is -0.493 e. The molecule has 1 aliphatic rings. The Hall–Kier alpha value is -1.93. The van der Waals surface area contributed by atoms with Gasteiger partial charge in [-0.2, -0.15) is 0 Å². The number of H-pyrrole nitrogens is 1. The molecule has 3 aromatic rings. The zero-order valence-electron chi connectivity index (χ0n) is 14.7. The Balaban J connectivity index is 0.00000210. The van der Waals surface area contributed by atoms with Crippen LogP contribution in [0.15, 0.2) is 53.7 Å². The molecule has 0 radical (unpaired) electrons. The van der Waals surface area contributed by atoms with Crippen molar-refractivity contribution in [2.75, 3.05) is 13.2 Å². The Morgan fingerprint density at radius 3 is 3.04 bits per heavy atom. The lowest BCUT2D eigenvalue weighted by molar-refractivity contribution is 0.262. The Bertz CT molecular complexity index is 956. The molecule has 142 valence electrons. The van der Waals surface area contributed by atoms with Gasteiger partial charge < -0.3 is 20.8 Å². The number of aliphatic imine (C=N–C) groups is 1. The highest BCUT2D eigenvalue weighted by atomic mass is 127. The Morgan fingerprint density at radius 1 is 1.30 bits per heavy atom. The molecule has 1 unspecified atom stereocenters. The number of aromatic nitrogens is 1. The van der Waals surface area contributed by atoms with Gasteiger partial charge in [-0.15, -0.1) is 24.0 Å². The van der Waals surface area contributed by atoms with Crippen LogP contribution in [0.2, 0.25) is 5.02 Å². The number of benzene rings is 2. The molecule has 2 heterocycles. The molecule has 1 aliphatic heterocycles. The van der Waals surface area contributed by atoms with E-state index >= 15 is 0 Å². The zero-order valence-corrected chi connectivity index (χ0v) is 17.8. The first-order valence-electron chi connectivity index (χ1n) is 8.74. The topological polar surface area (TPSA) is 75.4 Å². The van der Waals surface area contributed by atoms with Gasteiger partial charge in [0, 0.05) is 40.7 Å². The maximum Gasteiger partial charge on any atom is 0.189 e. The summed E-state index contributed by atoms with van der Waals surface area (Å²) >= 11 is 6.10. The van der Waals surface area contributed by atoms with Crippen molar-refractivity contribution >= 4 is 52.4 Å². The highest BCUT2D eigenvalue weighted by Crippen LogP contribution is 2.31. The summed E-state index contributed by atoms with van der Waals surface area (Å²) in [5.74, 6) is 1.38. The van der Waals surface area contributed by atoms with E-state index in [2.05, 4.69) is 21.4 Å². The van der Waals surface area contributed by atoms with Crippen molar-refractivity contribution in [1.29, 1.82) is 0 Å². The lowest BCUT2D eigenvalue weighted by Gasteiger charge is -2.26. The van der Waals surface area contributed by atoms with Crippen LogP contribution in [-0.2, 0) is 6.42 Å². The molecule has 0 bridgehead atoms. The first-order chi connectivity index (χ1) is 12.7. The Kier molecular flexibility index (Phi) is 6.49. The molecule has 0 aliphatic carbocycles. The smallest absolute Gasteiger partial charge is 0.189 e. The molecule has 0 fully saturated rings. The lowest BCUT2D eigenvalue weighted by atomic mass is 10.0. The second-order valence-corrected chi connectivity index (χ2v) is 6.83. The summed E-state index contributed by atoms with van der Waals surface area (Å²) in [5, 5.41) is 5.19. The van der Waals surface area contributed by atoms with Crippen molar-refractivity contribution in [2.24, 2.45) is 10.7 Å². The van der Waals surface area contributed by atoms with E-state index in [1.165, 1.54) is 5.56 Å². The standard InChI is InChI=1S/C20H21ClN4O.HI/c21-14-5-6-17-16(11-14)13(12-24-17)7-9-23-20(22)25-18-8-10-26-19-4-2-1-3-15(18)19;/h1-6,11-12,18,24H,7-10H2,(H3,22,23,25);1H. The number of nitrogens with zero attached hydrogens (tertiary/aromatic N) is 1. The number of para-hydroxylation sites is 1. The number of rotatable bonds is 4. The maximum atomic E-state index is 6.11. The quantitative estimate of drug-likeness (QED) is 0.285. The second-order valence-electron chi connectivity index (χ2n) is 6.39. The lowest BCUT2D eigenvalue weighted by Crippen LogP contribution is -2.37. The van der Waals surface area contributed by atoms with Crippen LogP contribution in [0.1, 0.15) is 23.6 Å². The summed E-state index contributed by atoms with van der Waals surface area (Å²) in [6.07, 6.45) is 3.68. The van der Waals surface area contributed by atoms with Crippen molar-refractivity contribution < 1.29 is 4.74 Å². The number of fused-ring (bicyclic) bond motifs is 2. The largest absolute Gasteiger partial charge is 0.493 e. The number of hydrogen-bond acceptors (Lipinski definition) is 2. The molecule has 4 N–H and O–H groups in total. The monoisotopic (exact) mass is 496 g/mol. The maximum absolute atomic E-state index is 6.11.